The summed E-state index contributed by atoms with van der Waals surface area (Å²) >= 11 is 12.3. The summed E-state index contributed by atoms with van der Waals surface area (Å²) in [6.45, 7) is 2.20. The Morgan fingerprint density at radius 3 is 2.33 bits per heavy atom. The van der Waals surface area contributed by atoms with Gasteiger partial charge in [-0.1, -0.05) is 65.7 Å². The quantitative estimate of drug-likeness (QED) is 0.264. The molecule has 36 heavy (non-hydrogen) atoms. The Bertz CT molecular complexity index is 1620. The van der Waals surface area contributed by atoms with Gasteiger partial charge in [0.1, 0.15) is 16.9 Å². The number of esters is 1. The zero-order valence-corrected chi connectivity index (χ0v) is 20.7. The molecular weight excluding hydrogens is 499 g/mol. The zero-order chi connectivity index (χ0) is 25.2. The van der Waals surface area contributed by atoms with Crippen molar-refractivity contribution >= 4 is 63.1 Å². The number of carbonyl (C=O) groups is 2. The van der Waals surface area contributed by atoms with Crippen LogP contribution in [0, 0.1) is 0 Å². The number of rotatable bonds is 6. The number of amides is 1. The van der Waals surface area contributed by atoms with E-state index in [0.717, 1.165) is 5.56 Å². The van der Waals surface area contributed by atoms with Crippen LogP contribution < -0.4 is 5.32 Å². The fourth-order valence-electron chi connectivity index (χ4n) is 3.99. The Morgan fingerprint density at radius 1 is 0.944 bits per heavy atom. The summed E-state index contributed by atoms with van der Waals surface area (Å²) in [4.78, 5) is 36.1. The van der Waals surface area contributed by atoms with E-state index in [2.05, 4.69) is 5.32 Å². The molecule has 0 aliphatic carbocycles. The van der Waals surface area contributed by atoms with Crippen molar-refractivity contribution in [2.24, 2.45) is 0 Å². The van der Waals surface area contributed by atoms with E-state index >= 15 is 0 Å². The van der Waals surface area contributed by atoms with E-state index in [-0.39, 0.29) is 28.6 Å². The number of fused-ring (bicyclic) bond motifs is 2. The van der Waals surface area contributed by atoms with Gasteiger partial charge in [-0.3, -0.25) is 4.79 Å². The molecule has 5 aromatic rings. The molecule has 0 fully saturated rings. The summed E-state index contributed by atoms with van der Waals surface area (Å²) in [5.74, 6) is -0.904. The molecule has 180 valence electrons. The SMILES string of the molecule is CCOC(=O)c1c(NC(=O)c2ccc(Cl)cc2Cl)n(Cc2ccccc2)c2nc3ccccc3nc12. The summed E-state index contributed by atoms with van der Waals surface area (Å²) in [7, 11) is 0. The Hall–Kier alpha value is -3.94. The van der Waals surface area contributed by atoms with Gasteiger partial charge in [0.25, 0.3) is 5.91 Å². The topological polar surface area (TPSA) is 86.1 Å². The standard InChI is InChI=1S/C27H20Cl2N4O3/c1-2-36-27(35)22-23-25(31-21-11-7-6-10-20(21)30-23)33(15-16-8-4-3-5-9-16)24(22)32-26(34)18-13-12-17(28)14-19(18)29/h3-14H,2,15H2,1H3,(H,32,34). The van der Waals surface area contributed by atoms with Crippen LogP contribution in [-0.2, 0) is 11.3 Å². The number of hydrogen-bond donors (Lipinski definition) is 1. The lowest BCUT2D eigenvalue weighted by atomic mass is 10.2. The van der Waals surface area contributed by atoms with Gasteiger partial charge >= 0.3 is 5.97 Å². The van der Waals surface area contributed by atoms with Gasteiger partial charge in [-0.2, -0.15) is 0 Å². The third-order valence-corrected chi connectivity index (χ3v) is 6.17. The molecule has 2 aromatic heterocycles. The highest BCUT2D eigenvalue weighted by Crippen LogP contribution is 2.32. The minimum absolute atomic E-state index is 0.125. The summed E-state index contributed by atoms with van der Waals surface area (Å²) in [5.41, 5.74) is 3.33. The second-order valence-electron chi connectivity index (χ2n) is 7.98. The maximum absolute atomic E-state index is 13.3. The van der Waals surface area contributed by atoms with E-state index in [1.807, 2.05) is 54.6 Å². The largest absolute Gasteiger partial charge is 0.462 e. The van der Waals surface area contributed by atoms with E-state index in [9.17, 15) is 9.59 Å². The first-order valence-electron chi connectivity index (χ1n) is 11.2. The van der Waals surface area contributed by atoms with Crippen LogP contribution >= 0.6 is 23.2 Å². The number of hydrogen-bond acceptors (Lipinski definition) is 5. The fraction of sp³-hybridized carbons (Fsp3) is 0.111. The fourth-order valence-corrected chi connectivity index (χ4v) is 4.49. The Kier molecular flexibility index (Phi) is 6.59. The summed E-state index contributed by atoms with van der Waals surface area (Å²) < 4.78 is 7.13. The lowest BCUT2D eigenvalue weighted by molar-refractivity contribution is 0.0529. The molecule has 0 radical (unpaired) electrons. The van der Waals surface area contributed by atoms with Crippen molar-refractivity contribution in [3.05, 3.63) is 99.5 Å². The molecule has 0 atom stereocenters. The number of para-hydroxylation sites is 2. The summed E-state index contributed by atoms with van der Waals surface area (Å²) in [5, 5.41) is 3.47. The van der Waals surface area contributed by atoms with Crippen molar-refractivity contribution < 1.29 is 14.3 Å². The maximum atomic E-state index is 13.3. The predicted molar refractivity (Wildman–Crippen MR) is 141 cm³/mol. The van der Waals surface area contributed by atoms with Crippen molar-refractivity contribution in [2.45, 2.75) is 13.5 Å². The first-order valence-corrected chi connectivity index (χ1v) is 12.0. The van der Waals surface area contributed by atoms with E-state index in [0.29, 0.717) is 33.8 Å². The van der Waals surface area contributed by atoms with Gasteiger partial charge in [-0.25, -0.2) is 14.8 Å². The van der Waals surface area contributed by atoms with Gasteiger partial charge in [0.15, 0.2) is 5.65 Å². The molecule has 0 aliphatic rings. The molecule has 0 unspecified atom stereocenters. The van der Waals surface area contributed by atoms with Gasteiger partial charge < -0.3 is 14.6 Å². The van der Waals surface area contributed by atoms with E-state index in [1.54, 1.807) is 17.6 Å². The molecule has 9 heteroatoms. The molecule has 0 aliphatic heterocycles. The lowest BCUT2D eigenvalue weighted by Crippen LogP contribution is -2.19. The van der Waals surface area contributed by atoms with Crippen LogP contribution in [0.5, 0.6) is 0 Å². The molecule has 7 nitrogen and oxygen atoms in total. The third kappa shape index (κ3) is 4.51. The molecule has 0 spiro atoms. The highest BCUT2D eigenvalue weighted by atomic mass is 35.5. The Labute approximate surface area is 216 Å². The minimum Gasteiger partial charge on any atom is -0.462 e. The van der Waals surface area contributed by atoms with Crippen molar-refractivity contribution in [1.29, 1.82) is 0 Å². The van der Waals surface area contributed by atoms with Crippen molar-refractivity contribution in [3.8, 4) is 0 Å². The predicted octanol–water partition coefficient (Wildman–Crippen LogP) is 6.37. The molecular formula is C27H20Cl2N4O3. The molecule has 0 saturated heterocycles. The van der Waals surface area contributed by atoms with Crippen molar-refractivity contribution in [1.82, 2.24) is 14.5 Å². The van der Waals surface area contributed by atoms with Crippen molar-refractivity contribution in [2.75, 3.05) is 11.9 Å². The van der Waals surface area contributed by atoms with E-state index in [4.69, 9.17) is 37.9 Å². The number of aromatic nitrogens is 3. The smallest absolute Gasteiger partial charge is 0.344 e. The number of halogens is 2. The molecule has 2 heterocycles. The van der Waals surface area contributed by atoms with Gasteiger partial charge in [0, 0.05) is 5.02 Å². The second kappa shape index (κ2) is 9.97. The lowest BCUT2D eigenvalue weighted by Gasteiger charge is -2.13. The normalized spacial score (nSPS) is 11.1. The third-order valence-electron chi connectivity index (χ3n) is 5.62. The highest BCUT2D eigenvalue weighted by Gasteiger charge is 2.28. The van der Waals surface area contributed by atoms with Crippen LogP contribution in [0.1, 0.15) is 33.2 Å². The average molecular weight is 519 g/mol. The molecule has 0 bridgehead atoms. The first kappa shape index (κ1) is 23.8. The molecule has 0 saturated carbocycles. The molecule has 1 N–H and O–H groups in total. The first-order chi connectivity index (χ1) is 17.5. The van der Waals surface area contributed by atoms with Gasteiger partial charge in [-0.15, -0.1) is 0 Å². The molecule has 1 amide bonds. The van der Waals surface area contributed by atoms with Gasteiger partial charge in [0.05, 0.1) is 34.8 Å². The van der Waals surface area contributed by atoms with Crippen LogP contribution in [0.3, 0.4) is 0 Å². The maximum Gasteiger partial charge on any atom is 0.344 e. The van der Waals surface area contributed by atoms with E-state index < -0.39 is 11.9 Å². The van der Waals surface area contributed by atoms with Crippen LogP contribution in [0.25, 0.3) is 22.2 Å². The number of nitrogens with zero attached hydrogens (tertiary/aromatic N) is 3. The van der Waals surface area contributed by atoms with Crippen LogP contribution in [-0.4, -0.2) is 33.0 Å². The number of carbonyl (C=O) groups excluding carboxylic acids is 2. The Balaban J connectivity index is 1.75. The Morgan fingerprint density at radius 2 is 1.64 bits per heavy atom. The van der Waals surface area contributed by atoms with Crippen molar-refractivity contribution in [3.63, 3.8) is 0 Å². The summed E-state index contributed by atoms with van der Waals surface area (Å²) in [6, 6.07) is 21.6. The molecule has 5 rings (SSSR count). The van der Waals surface area contributed by atoms with Gasteiger partial charge in [-0.05, 0) is 42.8 Å². The zero-order valence-electron chi connectivity index (χ0n) is 19.2. The monoisotopic (exact) mass is 518 g/mol. The van der Waals surface area contributed by atoms with Gasteiger partial charge in [0.2, 0.25) is 0 Å². The van der Waals surface area contributed by atoms with Crippen LogP contribution in [0.4, 0.5) is 5.82 Å². The number of nitrogens with one attached hydrogen (secondary N) is 1. The number of ether oxygens (including phenoxy) is 1. The van der Waals surface area contributed by atoms with Crippen LogP contribution in [0.2, 0.25) is 10.0 Å². The molecule has 3 aromatic carbocycles. The number of benzene rings is 3. The highest BCUT2D eigenvalue weighted by molar-refractivity contribution is 6.37. The van der Waals surface area contributed by atoms with Crippen LogP contribution in [0.15, 0.2) is 72.8 Å². The summed E-state index contributed by atoms with van der Waals surface area (Å²) in [6.07, 6.45) is 0. The average Bonchev–Trinajstić information content (AvgIpc) is 3.15. The second-order valence-corrected chi connectivity index (χ2v) is 8.82. The number of anilines is 1. The van der Waals surface area contributed by atoms with E-state index in [1.165, 1.54) is 12.1 Å². The minimum atomic E-state index is -0.614.